The smallest absolute Gasteiger partial charge is 0.121 e. The first kappa shape index (κ1) is 15.1. The number of hydrogen-bond acceptors (Lipinski definition) is 5. The van der Waals surface area contributed by atoms with Gasteiger partial charge in [-0.15, -0.1) is 0 Å². The third kappa shape index (κ3) is 5.36. The molecule has 0 aliphatic carbocycles. The van der Waals surface area contributed by atoms with Gasteiger partial charge < -0.3 is 20.5 Å². The molecule has 0 spiro atoms. The van der Waals surface area contributed by atoms with Crippen molar-refractivity contribution in [1.82, 2.24) is 4.90 Å². The SMILES string of the molecule is NCCCNc1cccc(OCCN2CCOCC2)c1. The zero-order chi connectivity index (χ0) is 14.0. The molecule has 1 aromatic rings. The first-order valence-corrected chi connectivity index (χ1v) is 7.35. The minimum Gasteiger partial charge on any atom is -0.492 e. The van der Waals surface area contributed by atoms with E-state index >= 15 is 0 Å². The molecule has 0 aromatic heterocycles. The molecule has 1 heterocycles. The summed E-state index contributed by atoms with van der Waals surface area (Å²) in [5, 5.41) is 3.34. The van der Waals surface area contributed by atoms with E-state index in [0.29, 0.717) is 13.2 Å². The lowest BCUT2D eigenvalue weighted by Crippen LogP contribution is -2.38. The summed E-state index contributed by atoms with van der Waals surface area (Å²) in [7, 11) is 0. The van der Waals surface area contributed by atoms with E-state index in [9.17, 15) is 0 Å². The van der Waals surface area contributed by atoms with Gasteiger partial charge in [0.2, 0.25) is 0 Å². The van der Waals surface area contributed by atoms with Crippen LogP contribution >= 0.6 is 0 Å². The minimum atomic E-state index is 0.711. The monoisotopic (exact) mass is 279 g/mol. The van der Waals surface area contributed by atoms with Gasteiger partial charge in [0.05, 0.1) is 13.2 Å². The van der Waals surface area contributed by atoms with Crippen LogP contribution in [-0.2, 0) is 4.74 Å². The molecule has 2 rings (SSSR count). The van der Waals surface area contributed by atoms with Crippen LogP contribution in [0, 0.1) is 0 Å². The molecule has 0 amide bonds. The van der Waals surface area contributed by atoms with Gasteiger partial charge in [0, 0.05) is 37.9 Å². The lowest BCUT2D eigenvalue weighted by molar-refractivity contribution is 0.0322. The van der Waals surface area contributed by atoms with Gasteiger partial charge in [0.15, 0.2) is 0 Å². The number of ether oxygens (including phenoxy) is 2. The van der Waals surface area contributed by atoms with Gasteiger partial charge >= 0.3 is 0 Å². The Balaban J connectivity index is 1.70. The highest BCUT2D eigenvalue weighted by molar-refractivity contribution is 5.48. The number of rotatable bonds is 8. The van der Waals surface area contributed by atoms with Gasteiger partial charge in [-0.25, -0.2) is 0 Å². The highest BCUT2D eigenvalue weighted by Crippen LogP contribution is 2.17. The van der Waals surface area contributed by atoms with Crippen molar-refractivity contribution < 1.29 is 9.47 Å². The average molecular weight is 279 g/mol. The molecule has 0 bridgehead atoms. The largest absolute Gasteiger partial charge is 0.492 e. The zero-order valence-corrected chi connectivity index (χ0v) is 12.0. The van der Waals surface area contributed by atoms with Crippen molar-refractivity contribution in [2.75, 3.05) is 57.9 Å². The fraction of sp³-hybridized carbons (Fsp3) is 0.600. The van der Waals surface area contributed by atoms with E-state index in [2.05, 4.69) is 10.2 Å². The van der Waals surface area contributed by atoms with Crippen molar-refractivity contribution >= 4 is 5.69 Å². The third-order valence-electron chi connectivity index (χ3n) is 3.32. The maximum atomic E-state index is 5.81. The molecule has 0 saturated carbocycles. The fourth-order valence-corrected chi connectivity index (χ4v) is 2.15. The molecule has 20 heavy (non-hydrogen) atoms. The maximum Gasteiger partial charge on any atom is 0.121 e. The van der Waals surface area contributed by atoms with E-state index in [4.69, 9.17) is 15.2 Å². The zero-order valence-electron chi connectivity index (χ0n) is 12.0. The first-order valence-electron chi connectivity index (χ1n) is 7.35. The number of nitrogens with one attached hydrogen (secondary N) is 1. The molecule has 0 atom stereocenters. The summed E-state index contributed by atoms with van der Waals surface area (Å²) in [5.41, 5.74) is 6.57. The van der Waals surface area contributed by atoms with Crippen LogP contribution in [0.3, 0.4) is 0 Å². The molecule has 5 heteroatoms. The van der Waals surface area contributed by atoms with E-state index in [-0.39, 0.29) is 0 Å². The second kappa shape index (κ2) is 8.79. The van der Waals surface area contributed by atoms with E-state index in [1.54, 1.807) is 0 Å². The molecular formula is C15H25N3O2. The molecule has 112 valence electrons. The second-order valence-corrected chi connectivity index (χ2v) is 4.90. The molecule has 3 N–H and O–H groups in total. The Morgan fingerprint density at radius 1 is 1.30 bits per heavy atom. The highest BCUT2D eigenvalue weighted by atomic mass is 16.5. The van der Waals surface area contributed by atoms with Crippen LogP contribution in [0.25, 0.3) is 0 Å². The number of benzene rings is 1. The van der Waals surface area contributed by atoms with Gasteiger partial charge in [-0.3, -0.25) is 4.90 Å². The summed E-state index contributed by atoms with van der Waals surface area (Å²) in [6.45, 7) is 6.95. The summed E-state index contributed by atoms with van der Waals surface area (Å²) < 4.78 is 11.1. The predicted octanol–water partition coefficient (Wildman–Crippen LogP) is 1.16. The van der Waals surface area contributed by atoms with Gasteiger partial charge in [0.25, 0.3) is 0 Å². The Labute approximate surface area is 121 Å². The third-order valence-corrected chi connectivity index (χ3v) is 3.32. The van der Waals surface area contributed by atoms with Crippen molar-refractivity contribution in [3.8, 4) is 5.75 Å². The number of nitrogens with two attached hydrogens (primary N) is 1. The van der Waals surface area contributed by atoms with Crippen LogP contribution in [0.4, 0.5) is 5.69 Å². The van der Waals surface area contributed by atoms with E-state index < -0.39 is 0 Å². The Bertz CT molecular complexity index is 381. The van der Waals surface area contributed by atoms with Gasteiger partial charge in [-0.2, -0.15) is 0 Å². The van der Waals surface area contributed by atoms with E-state index in [0.717, 1.165) is 57.3 Å². The molecule has 1 aliphatic rings. The molecule has 1 aromatic carbocycles. The number of morpholine rings is 1. The van der Waals surface area contributed by atoms with Crippen molar-refractivity contribution in [2.45, 2.75) is 6.42 Å². The highest BCUT2D eigenvalue weighted by Gasteiger charge is 2.09. The van der Waals surface area contributed by atoms with Gasteiger partial charge in [-0.05, 0) is 25.1 Å². The Morgan fingerprint density at radius 2 is 2.15 bits per heavy atom. The standard InChI is InChI=1S/C15H25N3O2/c16-5-2-6-17-14-3-1-4-15(13-14)20-12-9-18-7-10-19-11-8-18/h1,3-4,13,17H,2,5-12,16H2. The lowest BCUT2D eigenvalue weighted by atomic mass is 10.3. The van der Waals surface area contributed by atoms with Crippen LogP contribution in [0.2, 0.25) is 0 Å². The summed E-state index contributed by atoms with van der Waals surface area (Å²) >= 11 is 0. The molecule has 5 nitrogen and oxygen atoms in total. The molecule has 1 saturated heterocycles. The first-order chi connectivity index (χ1) is 9.88. The fourth-order valence-electron chi connectivity index (χ4n) is 2.15. The van der Waals surface area contributed by atoms with E-state index in [1.807, 2.05) is 24.3 Å². The Hall–Kier alpha value is -1.30. The number of nitrogens with zero attached hydrogens (tertiary/aromatic N) is 1. The van der Waals surface area contributed by atoms with E-state index in [1.165, 1.54) is 0 Å². The summed E-state index contributed by atoms with van der Waals surface area (Å²) in [4.78, 5) is 2.37. The van der Waals surface area contributed by atoms with Crippen molar-refractivity contribution in [3.05, 3.63) is 24.3 Å². The van der Waals surface area contributed by atoms with Crippen LogP contribution in [0.1, 0.15) is 6.42 Å². The summed E-state index contributed by atoms with van der Waals surface area (Å²) in [6, 6.07) is 8.09. The Morgan fingerprint density at radius 3 is 2.95 bits per heavy atom. The predicted molar refractivity (Wildman–Crippen MR) is 81.4 cm³/mol. The number of hydrogen-bond donors (Lipinski definition) is 2. The van der Waals surface area contributed by atoms with Crippen molar-refractivity contribution in [2.24, 2.45) is 5.73 Å². The minimum absolute atomic E-state index is 0.711. The lowest BCUT2D eigenvalue weighted by Gasteiger charge is -2.26. The quantitative estimate of drug-likeness (QED) is 0.699. The van der Waals surface area contributed by atoms with Crippen molar-refractivity contribution in [1.29, 1.82) is 0 Å². The van der Waals surface area contributed by atoms with Crippen LogP contribution in [-0.4, -0.2) is 57.4 Å². The van der Waals surface area contributed by atoms with Gasteiger partial charge in [0.1, 0.15) is 12.4 Å². The van der Waals surface area contributed by atoms with Crippen molar-refractivity contribution in [3.63, 3.8) is 0 Å². The van der Waals surface area contributed by atoms with Crippen LogP contribution < -0.4 is 15.8 Å². The normalized spacial score (nSPS) is 16.1. The maximum absolute atomic E-state index is 5.81. The Kier molecular flexibility index (Phi) is 6.63. The summed E-state index contributed by atoms with van der Waals surface area (Å²) in [5.74, 6) is 0.913. The molecular weight excluding hydrogens is 254 g/mol. The molecule has 1 aliphatic heterocycles. The van der Waals surface area contributed by atoms with Crippen LogP contribution in [0.15, 0.2) is 24.3 Å². The molecule has 1 fully saturated rings. The molecule has 0 unspecified atom stereocenters. The molecule has 0 radical (unpaired) electrons. The van der Waals surface area contributed by atoms with Gasteiger partial charge in [-0.1, -0.05) is 6.07 Å². The summed E-state index contributed by atoms with van der Waals surface area (Å²) in [6.07, 6.45) is 0.974. The average Bonchev–Trinajstić information content (AvgIpc) is 2.49. The second-order valence-electron chi connectivity index (χ2n) is 4.90. The number of anilines is 1. The topological polar surface area (TPSA) is 59.8 Å². The van der Waals surface area contributed by atoms with Crippen LogP contribution in [0.5, 0.6) is 5.75 Å².